The van der Waals surface area contributed by atoms with Crippen LogP contribution in [-0.2, 0) is 10.9 Å². The van der Waals surface area contributed by atoms with Crippen molar-refractivity contribution in [1.29, 1.82) is 0 Å². The van der Waals surface area contributed by atoms with Gasteiger partial charge in [0, 0.05) is 37.6 Å². The first-order valence-corrected chi connectivity index (χ1v) is 12.7. The van der Waals surface area contributed by atoms with E-state index in [1.165, 1.54) is 31.5 Å². The van der Waals surface area contributed by atoms with E-state index in [1.54, 1.807) is 18.4 Å². The van der Waals surface area contributed by atoms with Crippen molar-refractivity contribution >= 4 is 58.0 Å². The smallest absolute Gasteiger partial charge is 0.261 e. The van der Waals surface area contributed by atoms with Gasteiger partial charge in [0.25, 0.3) is 5.91 Å². The first-order valence-electron chi connectivity index (χ1n) is 10.3. The first kappa shape index (κ1) is 18.7. The van der Waals surface area contributed by atoms with Crippen molar-refractivity contribution in [3.63, 3.8) is 0 Å². The summed E-state index contributed by atoms with van der Waals surface area (Å²) in [6.07, 6.45) is 2.27. The Bertz CT molecular complexity index is 1200. The maximum atomic E-state index is 13.2. The lowest BCUT2D eigenvalue weighted by molar-refractivity contribution is -0.0356. The van der Waals surface area contributed by atoms with Crippen LogP contribution in [0, 0.1) is 22.2 Å². The van der Waals surface area contributed by atoms with Gasteiger partial charge in [0.05, 0.1) is 17.0 Å². The van der Waals surface area contributed by atoms with E-state index >= 15 is 0 Å². The van der Waals surface area contributed by atoms with Crippen molar-refractivity contribution in [3.05, 3.63) is 34.0 Å². The normalized spacial score (nSPS) is 39.6. The highest BCUT2D eigenvalue weighted by Crippen LogP contribution is 2.96. The van der Waals surface area contributed by atoms with Gasteiger partial charge in [0.2, 0.25) is 0 Å². The third-order valence-corrected chi connectivity index (χ3v) is 12.2. The monoisotopic (exact) mass is 443 g/mol. The van der Waals surface area contributed by atoms with Gasteiger partial charge in [-0.1, -0.05) is 20.8 Å². The molecule has 3 saturated carbocycles. The van der Waals surface area contributed by atoms with E-state index in [2.05, 4.69) is 59.6 Å². The van der Waals surface area contributed by atoms with Gasteiger partial charge in [-0.2, -0.15) is 0 Å². The van der Waals surface area contributed by atoms with Gasteiger partial charge >= 0.3 is 0 Å². The molecule has 0 aliphatic heterocycles. The summed E-state index contributed by atoms with van der Waals surface area (Å²) in [7, 11) is 4.60. The van der Waals surface area contributed by atoms with Crippen molar-refractivity contribution in [2.75, 3.05) is 7.11 Å². The molecule has 2 heterocycles. The number of fused-ring (bicyclic) bond motifs is 4. The number of nitrogens with one attached hydrogen (secondary N) is 1. The van der Waals surface area contributed by atoms with Crippen molar-refractivity contribution < 1.29 is 9.53 Å². The minimum Gasteiger partial charge on any atom is -0.379 e. The van der Waals surface area contributed by atoms with E-state index in [1.807, 2.05) is 11.3 Å². The van der Waals surface area contributed by atoms with Crippen molar-refractivity contribution in [1.82, 2.24) is 5.32 Å². The fourth-order valence-corrected chi connectivity index (χ4v) is 9.67. The second-order valence-electron chi connectivity index (χ2n) is 9.62. The molecule has 1 N–H and O–H groups in total. The van der Waals surface area contributed by atoms with Gasteiger partial charge in [0.15, 0.2) is 0 Å². The molecule has 0 saturated heterocycles. The maximum absolute atomic E-state index is 13.2. The van der Waals surface area contributed by atoms with E-state index in [-0.39, 0.29) is 23.5 Å². The van der Waals surface area contributed by atoms with Crippen LogP contribution in [0.1, 0.15) is 41.7 Å². The average molecular weight is 444 g/mol. The highest BCUT2D eigenvalue weighted by Gasteiger charge is 2.96. The third-order valence-electron chi connectivity index (χ3n) is 9.23. The number of amides is 1. The van der Waals surface area contributed by atoms with Crippen LogP contribution in [-0.4, -0.2) is 25.2 Å². The van der Waals surface area contributed by atoms with E-state index in [9.17, 15) is 4.79 Å². The summed E-state index contributed by atoms with van der Waals surface area (Å²) < 4.78 is 8.45. The van der Waals surface area contributed by atoms with E-state index in [0.717, 1.165) is 11.0 Å². The summed E-state index contributed by atoms with van der Waals surface area (Å²) in [6.45, 7) is 7.16. The Labute approximate surface area is 181 Å². The van der Waals surface area contributed by atoms with E-state index < -0.39 is 0 Å². The van der Waals surface area contributed by atoms with E-state index in [0.29, 0.717) is 16.7 Å². The molecule has 7 atom stereocenters. The minimum atomic E-state index is 0.0509. The molecule has 3 aliphatic carbocycles. The lowest BCUT2D eigenvalue weighted by Crippen LogP contribution is -2.56. The molecular weight excluding hydrogens is 417 g/mol. The molecule has 2 aromatic heterocycles. The van der Waals surface area contributed by atoms with Crippen molar-refractivity contribution in [2.24, 2.45) is 22.2 Å². The molecular formula is C23H26NO2PS2. The number of rotatable bonds is 4. The largest absolute Gasteiger partial charge is 0.379 e. The summed E-state index contributed by atoms with van der Waals surface area (Å²) >= 11 is 3.43. The zero-order valence-corrected chi connectivity index (χ0v) is 20.0. The lowest BCUT2D eigenvalue weighted by Gasteiger charge is -2.47. The number of benzene rings is 1. The molecule has 29 heavy (non-hydrogen) atoms. The Morgan fingerprint density at radius 3 is 2.55 bits per heavy atom. The summed E-state index contributed by atoms with van der Waals surface area (Å²) in [5, 5.41) is 5.85. The standard InChI is InChI=1S/C23H26NO2PS2/c1-21-9-14-18(19(26-4)23(21,3)22(14,21)2)24-20(25)17-8-13-12-7-11(10-27)28-15(12)5-6-16(13)29-17/h5-8,14,18-19H,9-10,27H2,1-4H3,(H,24,25)/t14-,18-,19-,21?,22?,23-/m1/s1. The predicted octanol–water partition coefficient (Wildman–Crippen LogP) is 5.67. The van der Waals surface area contributed by atoms with Gasteiger partial charge in [-0.05, 0) is 53.6 Å². The van der Waals surface area contributed by atoms with E-state index in [4.69, 9.17) is 4.74 Å². The minimum absolute atomic E-state index is 0.0509. The number of carbonyl (C=O) groups excluding carboxylic acids is 1. The lowest BCUT2D eigenvalue weighted by atomic mass is 9.62. The van der Waals surface area contributed by atoms with Crippen molar-refractivity contribution in [2.45, 2.75) is 45.5 Å². The van der Waals surface area contributed by atoms with Gasteiger partial charge in [0.1, 0.15) is 0 Å². The number of thiophene rings is 2. The zero-order valence-electron chi connectivity index (χ0n) is 17.2. The summed E-state index contributed by atoms with van der Waals surface area (Å²) in [4.78, 5) is 15.4. The fraction of sp³-hybridized carbons (Fsp3) is 0.522. The Hall–Kier alpha value is -1.00. The predicted molar refractivity (Wildman–Crippen MR) is 125 cm³/mol. The summed E-state index contributed by atoms with van der Waals surface area (Å²) in [5.74, 6) is 0.573. The molecule has 6 heteroatoms. The molecule has 0 bridgehead atoms. The Kier molecular flexibility index (Phi) is 3.63. The number of ether oxygens (including phenoxy) is 1. The highest BCUT2D eigenvalue weighted by molar-refractivity contribution is 7.23. The zero-order chi connectivity index (χ0) is 20.3. The molecule has 1 aromatic carbocycles. The average Bonchev–Trinajstić information content (AvgIpc) is 3.25. The van der Waals surface area contributed by atoms with Crippen LogP contribution in [0.15, 0.2) is 24.3 Å². The van der Waals surface area contributed by atoms with Crippen molar-refractivity contribution in [3.8, 4) is 0 Å². The summed E-state index contributed by atoms with van der Waals surface area (Å²) in [6, 6.07) is 8.81. The van der Waals surface area contributed by atoms with Gasteiger partial charge < -0.3 is 10.1 Å². The number of hydrogen-bond donors (Lipinski definition) is 1. The maximum Gasteiger partial charge on any atom is 0.261 e. The fourth-order valence-electron chi connectivity index (χ4n) is 7.36. The summed E-state index contributed by atoms with van der Waals surface area (Å²) in [5.41, 5.74) is 0.856. The number of carbonyl (C=O) groups is 1. The van der Waals surface area contributed by atoms with Gasteiger partial charge in [-0.25, -0.2) is 0 Å². The van der Waals surface area contributed by atoms with Crippen LogP contribution in [0.25, 0.3) is 20.2 Å². The quantitative estimate of drug-likeness (QED) is 0.528. The molecule has 3 aliphatic rings. The number of hydrogen-bond acceptors (Lipinski definition) is 4. The van der Waals surface area contributed by atoms with Gasteiger partial charge in [-0.3, -0.25) is 4.79 Å². The van der Waals surface area contributed by atoms with Crippen LogP contribution in [0.5, 0.6) is 0 Å². The SMILES string of the molecule is CO[C@@H]1[C@H](NC(=O)c2cc3c(ccc4sc(CP)cc43)s2)[C@H]2CC3(C)C2(C)[C@]13C. The van der Waals surface area contributed by atoms with Crippen LogP contribution in [0.2, 0.25) is 0 Å². The molecule has 6 rings (SSSR count). The molecule has 3 fully saturated rings. The third kappa shape index (κ3) is 1.91. The number of methoxy groups -OCH3 is 1. The topological polar surface area (TPSA) is 38.3 Å². The molecule has 3 unspecified atom stereocenters. The Morgan fingerprint density at radius 2 is 1.86 bits per heavy atom. The Morgan fingerprint density at radius 1 is 1.17 bits per heavy atom. The molecule has 1 amide bonds. The first-order chi connectivity index (χ1) is 13.8. The molecule has 0 spiro atoms. The Balaban J connectivity index is 1.33. The van der Waals surface area contributed by atoms with Gasteiger partial charge in [-0.15, -0.1) is 31.9 Å². The van der Waals surface area contributed by atoms with Crippen LogP contribution >= 0.6 is 31.9 Å². The second-order valence-corrected chi connectivity index (χ2v) is 12.3. The molecule has 152 valence electrons. The second kappa shape index (κ2) is 5.62. The van der Waals surface area contributed by atoms with Crippen LogP contribution in [0.4, 0.5) is 0 Å². The molecule has 0 radical (unpaired) electrons. The van der Waals surface area contributed by atoms with Crippen LogP contribution in [0.3, 0.4) is 0 Å². The molecule has 3 nitrogen and oxygen atoms in total. The van der Waals surface area contributed by atoms with Crippen LogP contribution < -0.4 is 5.32 Å². The molecule has 3 aromatic rings. The highest BCUT2D eigenvalue weighted by atomic mass is 32.1.